The average molecular weight is 279 g/mol. The number of nitrogens with two attached hydrogens (primary N) is 1. The Morgan fingerprint density at radius 3 is 2.71 bits per heavy atom. The minimum absolute atomic E-state index is 0.0117. The predicted molar refractivity (Wildman–Crippen MR) is 57.9 cm³/mol. The number of aromatic nitrogens is 4. The van der Waals surface area contributed by atoms with Gasteiger partial charge in [-0.1, -0.05) is 12.2 Å². The molecule has 0 saturated carbocycles. The van der Waals surface area contributed by atoms with Crippen LogP contribution in [0.1, 0.15) is 11.6 Å². The fourth-order valence-corrected chi connectivity index (χ4v) is 1.89. The van der Waals surface area contributed by atoms with Gasteiger partial charge >= 0.3 is 6.18 Å². The molecule has 0 atom stereocenters. The molecule has 2 N–H and O–H groups in total. The maximum atomic E-state index is 12.3. The van der Waals surface area contributed by atoms with Gasteiger partial charge in [-0.05, 0) is 0 Å². The lowest BCUT2D eigenvalue weighted by molar-refractivity contribution is -0.144. The standard InChI is InChI=1S/C7H4F3N5S2/c8-7(9,10)5-13-6(17-14-5)15-2-1-12-4(15)3(11)16/h1-2H,(H2,11,16). The maximum Gasteiger partial charge on any atom is 0.452 e. The number of hydrogen-bond acceptors (Lipinski definition) is 5. The summed E-state index contributed by atoms with van der Waals surface area (Å²) in [6.45, 7) is 0. The SMILES string of the molecule is NC(=S)c1nccn1-c1nc(C(F)(F)F)ns1. The van der Waals surface area contributed by atoms with Crippen LogP contribution in [0.4, 0.5) is 13.2 Å². The summed E-state index contributed by atoms with van der Waals surface area (Å²) in [7, 11) is 0. The molecule has 5 nitrogen and oxygen atoms in total. The minimum Gasteiger partial charge on any atom is -0.387 e. The third-order valence-electron chi connectivity index (χ3n) is 1.74. The molecule has 0 spiro atoms. The second kappa shape index (κ2) is 4.04. The molecule has 0 saturated heterocycles. The molecule has 2 rings (SSSR count). The van der Waals surface area contributed by atoms with Crippen LogP contribution in [0.2, 0.25) is 0 Å². The van der Waals surface area contributed by atoms with Gasteiger partial charge in [0, 0.05) is 23.9 Å². The van der Waals surface area contributed by atoms with E-state index in [1.165, 1.54) is 17.0 Å². The van der Waals surface area contributed by atoms with Gasteiger partial charge in [-0.2, -0.15) is 22.5 Å². The van der Waals surface area contributed by atoms with Crippen LogP contribution in [-0.2, 0) is 6.18 Å². The third kappa shape index (κ3) is 2.26. The fourth-order valence-electron chi connectivity index (χ4n) is 1.07. The lowest BCUT2D eigenvalue weighted by Gasteiger charge is -2.01. The molecular weight excluding hydrogens is 275 g/mol. The van der Waals surface area contributed by atoms with E-state index < -0.39 is 12.0 Å². The van der Waals surface area contributed by atoms with E-state index in [4.69, 9.17) is 18.0 Å². The Balaban J connectivity index is 2.44. The lowest BCUT2D eigenvalue weighted by Crippen LogP contribution is -2.16. The van der Waals surface area contributed by atoms with Gasteiger partial charge in [-0.15, -0.1) is 0 Å². The van der Waals surface area contributed by atoms with Crippen molar-refractivity contribution >= 4 is 28.7 Å². The van der Waals surface area contributed by atoms with E-state index >= 15 is 0 Å². The Kier molecular flexibility index (Phi) is 2.83. The van der Waals surface area contributed by atoms with Crippen molar-refractivity contribution in [3.63, 3.8) is 0 Å². The van der Waals surface area contributed by atoms with Crippen LogP contribution in [0.15, 0.2) is 12.4 Å². The van der Waals surface area contributed by atoms with Crippen molar-refractivity contribution in [1.82, 2.24) is 18.9 Å². The number of halogens is 3. The van der Waals surface area contributed by atoms with Crippen LogP contribution >= 0.6 is 23.8 Å². The molecule has 0 fully saturated rings. The summed E-state index contributed by atoms with van der Waals surface area (Å²) in [5, 5.41) is 0.0117. The van der Waals surface area contributed by atoms with Gasteiger partial charge in [-0.25, -0.2) is 4.98 Å². The summed E-state index contributed by atoms with van der Waals surface area (Å²) < 4.78 is 41.4. The van der Waals surface area contributed by atoms with Crippen LogP contribution in [-0.4, -0.2) is 23.9 Å². The molecule has 0 bridgehead atoms. The Morgan fingerprint density at radius 1 is 1.47 bits per heavy atom. The number of alkyl halides is 3. The Hall–Kier alpha value is -1.55. The largest absolute Gasteiger partial charge is 0.452 e. The molecule has 2 aromatic rings. The monoisotopic (exact) mass is 279 g/mol. The van der Waals surface area contributed by atoms with Crippen molar-refractivity contribution in [1.29, 1.82) is 0 Å². The van der Waals surface area contributed by atoms with Crippen molar-refractivity contribution < 1.29 is 13.2 Å². The highest BCUT2D eigenvalue weighted by Crippen LogP contribution is 2.28. The van der Waals surface area contributed by atoms with E-state index in [2.05, 4.69) is 14.3 Å². The third-order valence-corrected chi connectivity index (χ3v) is 2.63. The topological polar surface area (TPSA) is 69.6 Å². The summed E-state index contributed by atoms with van der Waals surface area (Å²) in [5.41, 5.74) is 5.37. The van der Waals surface area contributed by atoms with Gasteiger partial charge in [0.05, 0.1) is 0 Å². The van der Waals surface area contributed by atoms with Crippen molar-refractivity contribution in [2.75, 3.05) is 0 Å². The summed E-state index contributed by atoms with van der Waals surface area (Å²) in [4.78, 5) is 7.15. The van der Waals surface area contributed by atoms with Crippen molar-refractivity contribution in [3.05, 3.63) is 24.0 Å². The van der Waals surface area contributed by atoms with E-state index in [9.17, 15) is 13.2 Å². The zero-order valence-electron chi connectivity index (χ0n) is 7.97. The molecule has 0 radical (unpaired) electrons. The van der Waals surface area contributed by atoms with Gasteiger partial charge in [0.25, 0.3) is 0 Å². The Morgan fingerprint density at radius 2 is 2.18 bits per heavy atom. The lowest BCUT2D eigenvalue weighted by atomic mass is 10.6. The van der Waals surface area contributed by atoms with Gasteiger partial charge in [0.2, 0.25) is 11.0 Å². The van der Waals surface area contributed by atoms with Gasteiger partial charge in [0.15, 0.2) is 5.82 Å². The minimum atomic E-state index is -4.57. The van der Waals surface area contributed by atoms with E-state index in [-0.39, 0.29) is 15.9 Å². The molecule has 0 unspecified atom stereocenters. The van der Waals surface area contributed by atoms with Crippen LogP contribution in [0.3, 0.4) is 0 Å². The smallest absolute Gasteiger partial charge is 0.387 e. The summed E-state index contributed by atoms with van der Waals surface area (Å²) >= 11 is 5.30. The first-order chi connectivity index (χ1) is 7.89. The summed E-state index contributed by atoms with van der Waals surface area (Å²) in [5.74, 6) is -1.02. The number of hydrogen-bond donors (Lipinski definition) is 1. The highest BCUT2D eigenvalue weighted by atomic mass is 32.1. The van der Waals surface area contributed by atoms with E-state index in [1.54, 1.807) is 0 Å². The molecule has 0 aromatic carbocycles. The fraction of sp³-hybridized carbons (Fsp3) is 0.143. The molecule has 0 aliphatic rings. The molecular formula is C7H4F3N5S2. The molecule has 2 aromatic heterocycles. The Labute approximate surface area is 102 Å². The zero-order chi connectivity index (χ0) is 12.6. The first kappa shape index (κ1) is 11.9. The normalized spacial score (nSPS) is 11.7. The highest BCUT2D eigenvalue weighted by molar-refractivity contribution is 7.80. The average Bonchev–Trinajstić information content (AvgIpc) is 2.85. The van der Waals surface area contributed by atoms with Crippen LogP contribution in [0.25, 0.3) is 5.13 Å². The first-order valence-electron chi connectivity index (χ1n) is 4.14. The quantitative estimate of drug-likeness (QED) is 0.841. The van der Waals surface area contributed by atoms with E-state index in [1.807, 2.05) is 0 Å². The van der Waals surface area contributed by atoms with Crippen LogP contribution < -0.4 is 5.73 Å². The first-order valence-corrected chi connectivity index (χ1v) is 5.32. The Bertz CT molecular complexity index is 558. The number of imidazole rings is 1. The van der Waals surface area contributed by atoms with Gasteiger partial charge < -0.3 is 5.73 Å². The summed E-state index contributed by atoms with van der Waals surface area (Å²) in [6.07, 6.45) is -1.79. The summed E-state index contributed by atoms with van der Waals surface area (Å²) in [6, 6.07) is 0. The maximum absolute atomic E-state index is 12.3. The van der Waals surface area contributed by atoms with Crippen LogP contribution in [0, 0.1) is 0 Å². The van der Waals surface area contributed by atoms with Gasteiger partial charge in [-0.3, -0.25) is 4.57 Å². The second-order valence-electron chi connectivity index (χ2n) is 2.88. The molecule has 2 heterocycles. The highest BCUT2D eigenvalue weighted by Gasteiger charge is 2.36. The molecule has 90 valence electrons. The molecule has 0 aliphatic heterocycles. The number of nitrogens with zero attached hydrogens (tertiary/aromatic N) is 4. The number of thiocarbonyl (C=S) groups is 1. The van der Waals surface area contributed by atoms with Crippen molar-refractivity contribution in [2.45, 2.75) is 6.18 Å². The molecule has 17 heavy (non-hydrogen) atoms. The van der Waals surface area contributed by atoms with Crippen molar-refractivity contribution in [3.8, 4) is 5.13 Å². The van der Waals surface area contributed by atoms with Crippen LogP contribution in [0.5, 0.6) is 0 Å². The molecule has 0 amide bonds. The number of rotatable bonds is 2. The predicted octanol–water partition coefficient (Wildman–Crippen LogP) is 1.38. The molecule has 0 aliphatic carbocycles. The second-order valence-corrected chi connectivity index (χ2v) is 4.05. The van der Waals surface area contributed by atoms with Crippen molar-refractivity contribution in [2.24, 2.45) is 5.73 Å². The van der Waals surface area contributed by atoms with E-state index in [0.717, 1.165) is 0 Å². The zero-order valence-corrected chi connectivity index (χ0v) is 9.60. The van der Waals surface area contributed by atoms with E-state index in [0.29, 0.717) is 11.5 Å². The molecule has 10 heteroatoms. The van der Waals surface area contributed by atoms with Gasteiger partial charge in [0.1, 0.15) is 4.99 Å².